The molecular formula is C14H17BrFNO. The van der Waals surface area contributed by atoms with Crippen LogP contribution in [0, 0.1) is 18.7 Å². The summed E-state index contributed by atoms with van der Waals surface area (Å²) in [6.07, 6.45) is 3.56. The van der Waals surface area contributed by atoms with E-state index in [9.17, 15) is 9.18 Å². The van der Waals surface area contributed by atoms with Crippen molar-refractivity contribution in [3.63, 3.8) is 0 Å². The number of aryl methyl sites for hydroxylation is 1. The normalized spacial score (nSPS) is 16.9. The molecule has 1 aromatic rings. The second-order valence-electron chi connectivity index (χ2n) is 4.89. The van der Waals surface area contributed by atoms with Crippen LogP contribution in [0.3, 0.4) is 0 Å². The van der Waals surface area contributed by atoms with Crippen LogP contribution in [0.2, 0.25) is 0 Å². The van der Waals surface area contributed by atoms with Crippen molar-refractivity contribution >= 4 is 27.9 Å². The Balaban J connectivity index is 2.12. The molecule has 1 aliphatic heterocycles. The first kappa shape index (κ1) is 13.5. The minimum Gasteiger partial charge on any atom is -0.369 e. The minimum absolute atomic E-state index is 0.171. The lowest BCUT2D eigenvalue weighted by atomic mass is 9.93. The molecule has 1 heterocycles. The van der Waals surface area contributed by atoms with E-state index in [0.29, 0.717) is 18.0 Å². The molecule has 1 aliphatic rings. The van der Waals surface area contributed by atoms with Gasteiger partial charge in [-0.2, -0.15) is 0 Å². The van der Waals surface area contributed by atoms with Crippen LogP contribution >= 0.6 is 15.9 Å². The average Bonchev–Trinajstić information content (AvgIpc) is 2.30. The van der Waals surface area contributed by atoms with Crippen molar-refractivity contribution in [3.05, 3.63) is 28.0 Å². The Morgan fingerprint density at radius 2 is 2.11 bits per heavy atom. The molecule has 0 aromatic heterocycles. The highest BCUT2D eigenvalue weighted by Gasteiger charge is 2.22. The largest absolute Gasteiger partial charge is 0.369 e. The van der Waals surface area contributed by atoms with Crippen molar-refractivity contribution in [2.75, 3.05) is 18.0 Å². The summed E-state index contributed by atoms with van der Waals surface area (Å²) in [7, 11) is 0. The predicted molar refractivity (Wildman–Crippen MR) is 74.5 cm³/mol. The Bertz CT molecular complexity index is 418. The third kappa shape index (κ3) is 2.91. The van der Waals surface area contributed by atoms with E-state index in [-0.39, 0.29) is 5.82 Å². The van der Waals surface area contributed by atoms with Crippen LogP contribution in [0.4, 0.5) is 10.1 Å². The predicted octanol–water partition coefficient (Wildman–Crippen LogP) is 3.70. The topological polar surface area (TPSA) is 20.3 Å². The molecule has 0 atom stereocenters. The number of hydrogen-bond acceptors (Lipinski definition) is 2. The maximum Gasteiger partial charge on any atom is 0.147 e. The van der Waals surface area contributed by atoms with E-state index < -0.39 is 0 Å². The van der Waals surface area contributed by atoms with Gasteiger partial charge in [0.25, 0.3) is 0 Å². The molecule has 98 valence electrons. The third-order valence-electron chi connectivity index (χ3n) is 3.58. The second kappa shape index (κ2) is 5.83. The highest BCUT2D eigenvalue weighted by molar-refractivity contribution is 9.10. The summed E-state index contributed by atoms with van der Waals surface area (Å²) in [5.74, 6) is 0.299. The molecule has 0 bridgehead atoms. The molecule has 1 aromatic carbocycles. The summed E-state index contributed by atoms with van der Waals surface area (Å²) in [6.45, 7) is 3.59. The SMILES string of the molecule is Cc1cc(Br)cc(F)c1N1CCC(CC=O)CC1. The lowest BCUT2D eigenvalue weighted by molar-refractivity contribution is -0.108. The van der Waals surface area contributed by atoms with Gasteiger partial charge in [0.1, 0.15) is 12.1 Å². The fourth-order valence-corrected chi connectivity index (χ4v) is 3.17. The van der Waals surface area contributed by atoms with E-state index >= 15 is 0 Å². The van der Waals surface area contributed by atoms with E-state index in [2.05, 4.69) is 20.8 Å². The van der Waals surface area contributed by atoms with Gasteiger partial charge in [0.15, 0.2) is 0 Å². The fraction of sp³-hybridized carbons (Fsp3) is 0.500. The Kier molecular flexibility index (Phi) is 4.38. The van der Waals surface area contributed by atoms with Crippen LogP contribution in [0.15, 0.2) is 16.6 Å². The lowest BCUT2D eigenvalue weighted by Crippen LogP contribution is -2.34. The van der Waals surface area contributed by atoms with Gasteiger partial charge in [-0.05, 0) is 43.4 Å². The summed E-state index contributed by atoms with van der Waals surface area (Å²) in [5.41, 5.74) is 1.67. The van der Waals surface area contributed by atoms with Crippen LogP contribution in [0.5, 0.6) is 0 Å². The van der Waals surface area contributed by atoms with Crippen LogP contribution in [-0.2, 0) is 4.79 Å². The molecule has 18 heavy (non-hydrogen) atoms. The lowest BCUT2D eigenvalue weighted by Gasteiger charge is -2.34. The quantitative estimate of drug-likeness (QED) is 0.793. The first-order valence-corrected chi connectivity index (χ1v) is 7.05. The fourth-order valence-electron chi connectivity index (χ4n) is 2.62. The molecule has 0 saturated carbocycles. The number of carbonyl (C=O) groups is 1. The van der Waals surface area contributed by atoms with Gasteiger partial charge in [-0.3, -0.25) is 0 Å². The van der Waals surface area contributed by atoms with E-state index in [1.165, 1.54) is 6.07 Å². The van der Waals surface area contributed by atoms with Gasteiger partial charge >= 0.3 is 0 Å². The van der Waals surface area contributed by atoms with E-state index in [4.69, 9.17) is 0 Å². The summed E-state index contributed by atoms with van der Waals surface area (Å²) in [4.78, 5) is 12.6. The number of hydrogen-bond donors (Lipinski definition) is 0. The summed E-state index contributed by atoms with van der Waals surface area (Å²) in [6, 6.07) is 3.45. The summed E-state index contributed by atoms with van der Waals surface area (Å²) in [5, 5.41) is 0. The minimum atomic E-state index is -0.171. The smallest absolute Gasteiger partial charge is 0.147 e. The Hall–Kier alpha value is -0.900. The average molecular weight is 314 g/mol. The zero-order valence-corrected chi connectivity index (χ0v) is 12.0. The van der Waals surface area contributed by atoms with Gasteiger partial charge < -0.3 is 9.69 Å². The summed E-state index contributed by atoms with van der Waals surface area (Å²) < 4.78 is 14.8. The first-order chi connectivity index (χ1) is 8.61. The van der Waals surface area contributed by atoms with E-state index in [1.807, 2.05) is 13.0 Å². The molecule has 0 spiro atoms. The van der Waals surface area contributed by atoms with Gasteiger partial charge in [-0.1, -0.05) is 15.9 Å². The molecule has 1 fully saturated rings. The first-order valence-electron chi connectivity index (χ1n) is 6.26. The number of aldehydes is 1. The zero-order valence-electron chi connectivity index (χ0n) is 10.5. The number of piperidine rings is 1. The molecule has 0 aliphatic carbocycles. The Morgan fingerprint density at radius 1 is 1.44 bits per heavy atom. The zero-order chi connectivity index (χ0) is 13.1. The van der Waals surface area contributed by atoms with Crippen LogP contribution < -0.4 is 4.90 Å². The van der Waals surface area contributed by atoms with E-state index in [1.54, 1.807) is 0 Å². The molecule has 0 N–H and O–H groups in total. The number of rotatable bonds is 3. The van der Waals surface area contributed by atoms with Gasteiger partial charge in [-0.15, -0.1) is 0 Å². The van der Waals surface area contributed by atoms with Crippen LogP contribution in [-0.4, -0.2) is 19.4 Å². The highest BCUT2D eigenvalue weighted by atomic mass is 79.9. The molecule has 1 saturated heterocycles. The summed E-state index contributed by atoms with van der Waals surface area (Å²) >= 11 is 3.30. The standard InChI is InChI=1S/C14H17BrFNO/c1-10-8-12(15)9-13(16)14(10)17-5-2-11(3-6-17)4-7-18/h7-9,11H,2-6H2,1H3. The number of nitrogens with zero attached hydrogens (tertiary/aromatic N) is 1. The van der Waals surface area contributed by atoms with Crippen molar-refractivity contribution < 1.29 is 9.18 Å². The van der Waals surface area contributed by atoms with E-state index in [0.717, 1.165) is 42.3 Å². The van der Waals surface area contributed by atoms with Gasteiger partial charge in [0.2, 0.25) is 0 Å². The highest BCUT2D eigenvalue weighted by Crippen LogP contribution is 2.31. The van der Waals surface area contributed by atoms with Gasteiger partial charge in [0, 0.05) is 24.0 Å². The Labute approximate surface area is 115 Å². The second-order valence-corrected chi connectivity index (χ2v) is 5.80. The van der Waals surface area contributed by atoms with Crippen LogP contribution in [0.25, 0.3) is 0 Å². The molecule has 2 rings (SSSR count). The molecule has 0 unspecified atom stereocenters. The van der Waals surface area contributed by atoms with Gasteiger partial charge in [0.05, 0.1) is 5.69 Å². The maximum absolute atomic E-state index is 14.0. The van der Waals surface area contributed by atoms with Crippen molar-refractivity contribution in [2.45, 2.75) is 26.2 Å². The monoisotopic (exact) mass is 313 g/mol. The molecule has 2 nitrogen and oxygen atoms in total. The number of anilines is 1. The van der Waals surface area contributed by atoms with Crippen molar-refractivity contribution in [1.82, 2.24) is 0 Å². The van der Waals surface area contributed by atoms with Gasteiger partial charge in [-0.25, -0.2) is 4.39 Å². The number of halogens is 2. The van der Waals surface area contributed by atoms with Crippen molar-refractivity contribution in [1.29, 1.82) is 0 Å². The maximum atomic E-state index is 14.0. The molecule has 0 radical (unpaired) electrons. The molecule has 0 amide bonds. The Morgan fingerprint density at radius 3 is 2.67 bits per heavy atom. The third-order valence-corrected chi connectivity index (χ3v) is 4.04. The van der Waals surface area contributed by atoms with Crippen LogP contribution in [0.1, 0.15) is 24.8 Å². The van der Waals surface area contributed by atoms with Crippen molar-refractivity contribution in [2.24, 2.45) is 5.92 Å². The number of benzene rings is 1. The van der Waals surface area contributed by atoms with Crippen molar-refractivity contribution in [3.8, 4) is 0 Å². The molecular weight excluding hydrogens is 297 g/mol. The number of carbonyl (C=O) groups excluding carboxylic acids is 1. The molecule has 4 heteroatoms.